The monoisotopic (exact) mass is 754 g/mol. The molecule has 4 N–H and O–H groups in total. The average molecular weight is 755 g/mol. The van der Waals surface area contributed by atoms with Gasteiger partial charge in [-0.3, -0.25) is 4.90 Å². The fourth-order valence-electron chi connectivity index (χ4n) is 7.81. The molecule has 17 heteroatoms. The summed E-state index contributed by atoms with van der Waals surface area (Å²) in [5, 5.41) is 9.73. The summed E-state index contributed by atoms with van der Waals surface area (Å²) < 4.78 is 87.7. The predicted molar refractivity (Wildman–Crippen MR) is 187 cm³/mol. The first kappa shape index (κ1) is 34.1. The normalized spacial score (nSPS) is 20.4. The van der Waals surface area contributed by atoms with Crippen LogP contribution in [0.15, 0.2) is 42.6 Å². The fraction of sp³-hybridized carbons (Fsp3) is 0.314. The zero-order valence-corrected chi connectivity index (χ0v) is 28.7. The van der Waals surface area contributed by atoms with Gasteiger partial charge in [-0.1, -0.05) is 23.7 Å². The standard InChI is InChI=1S/C35H28ClF5N8O2S/c36-26-24(18-4-5-20(38)30-23(18)19(13-42)32(44)52-30)27(41)28-25-29(26)50-10-9-49(21(11-22(39)40)17-3-1-7-45-31(17)43)33(25)47-34(46-28)51-15-35-6-2-8-48(35)14-16(37)12-35/h1,3-5,7,11,16,21H,2,6,8-10,12,14-15,44H2,(H2,43,45)/t16-,21?,35+/m1/s1. The molecule has 5 aromatic rings. The molecule has 2 saturated heterocycles. The van der Waals surface area contributed by atoms with Gasteiger partial charge in [0.1, 0.15) is 53.4 Å². The largest absolute Gasteiger partial charge is 0.489 e. The van der Waals surface area contributed by atoms with Crippen LogP contribution >= 0.6 is 22.9 Å². The molecular formula is C35H28ClF5N8O2S. The second-order valence-corrected chi connectivity index (χ2v) is 14.4. The number of alkyl halides is 1. The van der Waals surface area contributed by atoms with E-state index in [4.69, 9.17) is 32.5 Å². The van der Waals surface area contributed by atoms with E-state index in [0.29, 0.717) is 19.0 Å². The molecule has 0 bridgehead atoms. The maximum absolute atomic E-state index is 17.3. The zero-order chi connectivity index (χ0) is 36.5. The van der Waals surface area contributed by atoms with Gasteiger partial charge in [0.05, 0.1) is 38.8 Å². The van der Waals surface area contributed by atoms with Crippen molar-refractivity contribution in [2.75, 3.05) is 49.2 Å². The van der Waals surface area contributed by atoms with Crippen LogP contribution in [0.2, 0.25) is 5.02 Å². The molecular weight excluding hydrogens is 727 g/mol. The number of hydrogen-bond acceptors (Lipinski definition) is 11. The molecule has 8 rings (SSSR count). The van der Waals surface area contributed by atoms with Crippen LogP contribution < -0.4 is 25.8 Å². The van der Waals surface area contributed by atoms with Crippen LogP contribution in [0.4, 0.5) is 38.6 Å². The molecule has 268 valence electrons. The van der Waals surface area contributed by atoms with Crippen LogP contribution in [0.25, 0.3) is 32.1 Å². The lowest BCUT2D eigenvalue weighted by Gasteiger charge is -2.32. The van der Waals surface area contributed by atoms with E-state index < -0.39 is 35.5 Å². The molecule has 0 radical (unpaired) electrons. The molecule has 0 amide bonds. The predicted octanol–water partition coefficient (Wildman–Crippen LogP) is 7.55. The van der Waals surface area contributed by atoms with Gasteiger partial charge in [0.25, 0.3) is 6.08 Å². The third-order valence-electron chi connectivity index (χ3n) is 10.0. The maximum atomic E-state index is 17.3. The first-order valence-electron chi connectivity index (χ1n) is 16.3. The van der Waals surface area contributed by atoms with Gasteiger partial charge in [-0.25, -0.2) is 18.2 Å². The Labute approximate surface area is 302 Å². The second kappa shape index (κ2) is 12.9. The molecule has 2 aromatic carbocycles. The number of benzene rings is 2. The molecule has 3 aromatic heterocycles. The Kier molecular flexibility index (Phi) is 8.47. The minimum atomic E-state index is -2.02. The Balaban J connectivity index is 1.38. The summed E-state index contributed by atoms with van der Waals surface area (Å²) >= 11 is 7.82. The van der Waals surface area contributed by atoms with Crippen molar-refractivity contribution in [3.63, 3.8) is 0 Å². The van der Waals surface area contributed by atoms with E-state index in [1.54, 1.807) is 6.07 Å². The number of nitriles is 1. The number of pyridine rings is 1. The van der Waals surface area contributed by atoms with Crippen molar-refractivity contribution in [3.8, 4) is 29.0 Å². The van der Waals surface area contributed by atoms with Crippen molar-refractivity contribution in [2.24, 2.45) is 0 Å². The lowest BCUT2D eigenvalue weighted by atomic mass is 9.95. The van der Waals surface area contributed by atoms with Crippen molar-refractivity contribution in [1.29, 1.82) is 5.26 Å². The van der Waals surface area contributed by atoms with Crippen LogP contribution in [0, 0.1) is 23.0 Å². The summed E-state index contributed by atoms with van der Waals surface area (Å²) in [7, 11) is 0. The number of fused-ring (bicyclic) bond motifs is 2. The van der Waals surface area contributed by atoms with E-state index in [2.05, 4.69) is 15.0 Å². The molecule has 2 fully saturated rings. The summed E-state index contributed by atoms with van der Waals surface area (Å²) in [6, 6.07) is 5.88. The SMILES string of the molecule is N#Cc1c(N)sc2c(F)ccc(-c3c(Cl)c4c5c(nc(OC[C@@]67CCCN6C[C@H](F)C7)nc5c3F)N(C(C=C(F)F)c3cccnc3N)CCO4)c12. The van der Waals surface area contributed by atoms with Gasteiger partial charge in [-0.15, -0.1) is 11.3 Å². The molecule has 3 aliphatic heterocycles. The fourth-order valence-corrected chi connectivity index (χ4v) is 9.09. The topological polar surface area (TPSA) is 139 Å². The minimum Gasteiger partial charge on any atom is -0.489 e. The Morgan fingerprint density at radius 1 is 1.21 bits per heavy atom. The number of hydrogen-bond donors (Lipinski definition) is 2. The molecule has 0 spiro atoms. The third kappa shape index (κ3) is 5.41. The van der Waals surface area contributed by atoms with E-state index in [9.17, 15) is 18.4 Å². The molecule has 6 heterocycles. The second-order valence-electron chi connectivity index (χ2n) is 12.9. The molecule has 0 saturated carbocycles. The highest BCUT2D eigenvalue weighted by molar-refractivity contribution is 7.23. The molecule has 52 heavy (non-hydrogen) atoms. The molecule has 1 unspecified atom stereocenters. The van der Waals surface area contributed by atoms with Crippen molar-refractivity contribution in [1.82, 2.24) is 19.9 Å². The third-order valence-corrected chi connectivity index (χ3v) is 11.4. The maximum Gasteiger partial charge on any atom is 0.319 e. The Morgan fingerprint density at radius 2 is 2.04 bits per heavy atom. The number of rotatable bonds is 7. The summed E-state index contributed by atoms with van der Waals surface area (Å²) in [5.74, 6) is -1.82. The first-order chi connectivity index (χ1) is 25.0. The summed E-state index contributed by atoms with van der Waals surface area (Å²) in [6.07, 6.45) is 0.762. The van der Waals surface area contributed by atoms with Gasteiger partial charge < -0.3 is 25.8 Å². The molecule has 3 atom stereocenters. The zero-order valence-electron chi connectivity index (χ0n) is 27.1. The Morgan fingerprint density at radius 3 is 2.81 bits per heavy atom. The summed E-state index contributed by atoms with van der Waals surface area (Å²) in [4.78, 5) is 16.7. The Bertz CT molecular complexity index is 2350. The van der Waals surface area contributed by atoms with Gasteiger partial charge in [0.2, 0.25) is 0 Å². The number of nitrogens with two attached hydrogens (primary N) is 2. The number of thiophene rings is 1. The summed E-state index contributed by atoms with van der Waals surface area (Å²) in [6.45, 7) is 0.724. The van der Waals surface area contributed by atoms with Gasteiger partial charge in [0, 0.05) is 41.8 Å². The van der Waals surface area contributed by atoms with Crippen molar-refractivity contribution < 1.29 is 31.4 Å². The number of aromatic nitrogens is 3. The van der Waals surface area contributed by atoms with Crippen molar-refractivity contribution in [2.45, 2.75) is 37.0 Å². The van der Waals surface area contributed by atoms with Crippen LogP contribution in [0.3, 0.4) is 0 Å². The van der Waals surface area contributed by atoms with Crippen LogP contribution in [-0.4, -0.2) is 64.4 Å². The van der Waals surface area contributed by atoms with E-state index in [0.717, 1.165) is 23.8 Å². The van der Waals surface area contributed by atoms with Gasteiger partial charge in [0.15, 0.2) is 11.6 Å². The van der Waals surface area contributed by atoms with Crippen molar-refractivity contribution >= 4 is 60.6 Å². The summed E-state index contributed by atoms with van der Waals surface area (Å²) in [5.41, 5.74) is 11.2. The molecule has 10 nitrogen and oxygen atoms in total. The van der Waals surface area contributed by atoms with Crippen LogP contribution in [0.1, 0.15) is 36.4 Å². The first-order valence-corrected chi connectivity index (χ1v) is 17.5. The number of anilines is 3. The number of nitrogen functional groups attached to an aromatic ring is 2. The Hall–Kier alpha value is -4.98. The van der Waals surface area contributed by atoms with E-state index in [1.807, 2.05) is 11.0 Å². The molecule has 3 aliphatic rings. The van der Waals surface area contributed by atoms with E-state index in [1.165, 1.54) is 23.2 Å². The molecule has 0 aliphatic carbocycles. The lowest BCUT2D eigenvalue weighted by molar-refractivity contribution is 0.107. The van der Waals surface area contributed by atoms with Crippen LogP contribution in [-0.2, 0) is 0 Å². The van der Waals surface area contributed by atoms with Crippen molar-refractivity contribution in [3.05, 3.63) is 70.4 Å². The minimum absolute atomic E-state index is 0.0138. The van der Waals surface area contributed by atoms with E-state index in [-0.39, 0.29) is 109 Å². The highest BCUT2D eigenvalue weighted by Gasteiger charge is 2.49. The van der Waals surface area contributed by atoms with E-state index >= 15 is 8.78 Å². The van der Waals surface area contributed by atoms with Crippen LogP contribution in [0.5, 0.6) is 11.8 Å². The lowest BCUT2D eigenvalue weighted by Crippen LogP contribution is -2.43. The number of ether oxygens (including phenoxy) is 2. The quantitative estimate of drug-likeness (QED) is 0.160. The average Bonchev–Trinajstić information content (AvgIpc) is 3.71. The highest BCUT2D eigenvalue weighted by Crippen LogP contribution is 2.52. The smallest absolute Gasteiger partial charge is 0.319 e. The number of nitrogens with zero attached hydrogens (tertiary/aromatic N) is 6. The number of halogens is 6. The van der Waals surface area contributed by atoms with Gasteiger partial charge >= 0.3 is 6.01 Å². The van der Waals surface area contributed by atoms with Gasteiger partial charge in [-0.2, -0.15) is 24.0 Å². The highest BCUT2D eigenvalue weighted by atomic mass is 35.5. The van der Waals surface area contributed by atoms with Gasteiger partial charge in [-0.05, 0) is 37.1 Å².